The van der Waals surface area contributed by atoms with Gasteiger partial charge < -0.3 is 4.74 Å². The molecule has 2 fully saturated rings. The largest absolute Gasteiger partial charge is 0.423 e. The molecule has 0 saturated heterocycles. The SMILES string of the molecule is C/C=C/CCC1CCC2CC(c3ccc(C(=O)Oc4ccc(Cl)c(F)c4)cc3F)CCC2C1. The number of esters is 1. The number of fused-ring (bicyclic) bond motifs is 1. The standard InChI is InChI=1S/C28H31ClF2O2/c1-2-3-4-5-18-6-7-20-15-21(9-8-19(20)14-18)24-12-10-22(16-26(24)30)28(32)33-23-11-13-25(29)27(31)17-23/h2-3,10-13,16-21H,4-9,14-15H2,1H3/b3-2+. The molecule has 0 aliphatic heterocycles. The second-order valence-corrected chi connectivity index (χ2v) is 9.96. The summed E-state index contributed by atoms with van der Waals surface area (Å²) >= 11 is 5.65. The molecule has 0 radical (unpaired) electrons. The topological polar surface area (TPSA) is 26.3 Å². The van der Waals surface area contributed by atoms with E-state index in [2.05, 4.69) is 19.1 Å². The molecule has 0 amide bonds. The molecule has 2 aliphatic rings. The van der Waals surface area contributed by atoms with Crippen molar-refractivity contribution in [2.24, 2.45) is 17.8 Å². The van der Waals surface area contributed by atoms with Crippen LogP contribution in [0, 0.1) is 29.4 Å². The number of hydrogen-bond donors (Lipinski definition) is 0. The second-order valence-electron chi connectivity index (χ2n) is 9.56. The lowest BCUT2D eigenvalue weighted by Gasteiger charge is -2.42. The van der Waals surface area contributed by atoms with E-state index < -0.39 is 11.8 Å². The molecule has 2 aliphatic carbocycles. The Hall–Kier alpha value is -2.20. The first-order valence-corrected chi connectivity index (χ1v) is 12.4. The molecule has 4 rings (SSSR count). The molecule has 176 valence electrons. The molecule has 0 bridgehead atoms. The van der Waals surface area contributed by atoms with E-state index in [4.69, 9.17) is 16.3 Å². The molecule has 0 N–H and O–H groups in total. The Bertz CT molecular complexity index is 1020. The fraction of sp³-hybridized carbons (Fsp3) is 0.464. The lowest BCUT2D eigenvalue weighted by Crippen LogP contribution is -2.30. The monoisotopic (exact) mass is 472 g/mol. The van der Waals surface area contributed by atoms with Crippen molar-refractivity contribution in [2.45, 2.75) is 64.2 Å². The lowest BCUT2D eigenvalue weighted by atomic mass is 9.63. The number of carbonyl (C=O) groups is 1. The first kappa shape index (κ1) is 23.9. The van der Waals surface area contributed by atoms with Gasteiger partial charge in [0.15, 0.2) is 0 Å². The maximum atomic E-state index is 15.0. The van der Waals surface area contributed by atoms with Crippen LogP contribution < -0.4 is 4.74 Å². The molecule has 2 nitrogen and oxygen atoms in total. The highest BCUT2D eigenvalue weighted by Crippen LogP contribution is 2.48. The van der Waals surface area contributed by atoms with Gasteiger partial charge in [-0.1, -0.05) is 36.2 Å². The second kappa shape index (κ2) is 10.8. The summed E-state index contributed by atoms with van der Waals surface area (Å²) in [4.78, 5) is 12.4. The summed E-state index contributed by atoms with van der Waals surface area (Å²) in [6, 6.07) is 8.34. The van der Waals surface area contributed by atoms with Crippen molar-refractivity contribution in [3.63, 3.8) is 0 Å². The third-order valence-electron chi connectivity index (χ3n) is 7.48. The number of carbonyl (C=O) groups excluding carboxylic acids is 1. The lowest BCUT2D eigenvalue weighted by molar-refractivity contribution is 0.0733. The van der Waals surface area contributed by atoms with Crippen molar-refractivity contribution in [1.82, 2.24) is 0 Å². The van der Waals surface area contributed by atoms with Crippen LogP contribution in [0.3, 0.4) is 0 Å². The van der Waals surface area contributed by atoms with Gasteiger partial charge in [-0.05, 0) is 105 Å². The van der Waals surface area contributed by atoms with E-state index in [0.29, 0.717) is 11.5 Å². The molecule has 5 heteroatoms. The molecule has 4 unspecified atom stereocenters. The van der Waals surface area contributed by atoms with E-state index in [0.717, 1.165) is 37.2 Å². The van der Waals surface area contributed by atoms with Crippen LogP contribution in [-0.4, -0.2) is 5.97 Å². The Morgan fingerprint density at radius 2 is 1.82 bits per heavy atom. The van der Waals surface area contributed by atoms with Crippen LogP contribution in [0.5, 0.6) is 5.75 Å². The van der Waals surface area contributed by atoms with Gasteiger partial charge in [-0.2, -0.15) is 0 Å². The van der Waals surface area contributed by atoms with Crippen molar-refractivity contribution < 1.29 is 18.3 Å². The Labute approximate surface area is 200 Å². The molecule has 4 atom stereocenters. The summed E-state index contributed by atoms with van der Waals surface area (Å²) in [5, 5.41) is -0.0537. The van der Waals surface area contributed by atoms with Crippen molar-refractivity contribution in [1.29, 1.82) is 0 Å². The van der Waals surface area contributed by atoms with E-state index in [1.54, 1.807) is 12.1 Å². The number of ether oxygens (including phenoxy) is 1. The summed E-state index contributed by atoms with van der Waals surface area (Å²) < 4.78 is 33.8. The summed E-state index contributed by atoms with van der Waals surface area (Å²) in [5.74, 6) is 0.735. The van der Waals surface area contributed by atoms with Crippen LogP contribution in [0.4, 0.5) is 8.78 Å². The Balaban J connectivity index is 1.36. The van der Waals surface area contributed by atoms with Crippen LogP contribution >= 0.6 is 11.6 Å². The van der Waals surface area contributed by atoms with Gasteiger partial charge in [0.1, 0.15) is 17.4 Å². The van der Waals surface area contributed by atoms with Gasteiger partial charge in [0.05, 0.1) is 10.6 Å². The molecule has 0 heterocycles. The van der Waals surface area contributed by atoms with Gasteiger partial charge in [-0.3, -0.25) is 0 Å². The van der Waals surface area contributed by atoms with Gasteiger partial charge >= 0.3 is 5.97 Å². The minimum Gasteiger partial charge on any atom is -0.423 e. The van der Waals surface area contributed by atoms with Crippen molar-refractivity contribution in [3.05, 3.63) is 76.3 Å². The van der Waals surface area contributed by atoms with E-state index in [1.807, 2.05) is 0 Å². The molecule has 2 aromatic carbocycles. The number of halogens is 3. The fourth-order valence-corrected chi connectivity index (χ4v) is 5.84. The predicted octanol–water partition coefficient (Wildman–Crippen LogP) is 8.49. The van der Waals surface area contributed by atoms with Crippen LogP contribution in [0.1, 0.15) is 80.1 Å². The normalized spacial score (nSPS) is 25.1. The van der Waals surface area contributed by atoms with Gasteiger partial charge in [0.25, 0.3) is 0 Å². The summed E-state index contributed by atoms with van der Waals surface area (Å²) in [6.45, 7) is 2.08. The smallest absolute Gasteiger partial charge is 0.343 e. The molecule has 0 spiro atoms. The minimum absolute atomic E-state index is 0.0334. The first-order chi connectivity index (χ1) is 15.9. The van der Waals surface area contributed by atoms with Crippen LogP contribution in [0.15, 0.2) is 48.6 Å². The van der Waals surface area contributed by atoms with E-state index in [9.17, 15) is 9.18 Å². The zero-order chi connectivity index (χ0) is 23.4. The number of allylic oxidation sites excluding steroid dienone is 2. The van der Waals surface area contributed by atoms with Crippen LogP contribution in [-0.2, 0) is 0 Å². The number of rotatable bonds is 6. The van der Waals surface area contributed by atoms with E-state index in [1.165, 1.54) is 50.3 Å². The quantitative estimate of drug-likeness (QED) is 0.239. The fourth-order valence-electron chi connectivity index (χ4n) is 5.72. The maximum Gasteiger partial charge on any atom is 0.343 e. The highest BCUT2D eigenvalue weighted by molar-refractivity contribution is 6.30. The van der Waals surface area contributed by atoms with Crippen molar-refractivity contribution in [3.8, 4) is 5.75 Å². The summed E-state index contributed by atoms with van der Waals surface area (Å²) in [6.07, 6.45) is 13.9. The van der Waals surface area contributed by atoms with Crippen LogP contribution in [0.2, 0.25) is 5.02 Å². The van der Waals surface area contributed by atoms with Gasteiger partial charge in [-0.15, -0.1) is 0 Å². The van der Waals surface area contributed by atoms with Crippen molar-refractivity contribution >= 4 is 17.6 Å². The molecular formula is C28H31ClF2O2. The zero-order valence-electron chi connectivity index (χ0n) is 19.0. The molecule has 2 aromatic rings. The van der Waals surface area contributed by atoms with Crippen molar-refractivity contribution in [2.75, 3.05) is 0 Å². The molecule has 0 aromatic heterocycles. The Morgan fingerprint density at radius 1 is 1.03 bits per heavy atom. The predicted molar refractivity (Wildman–Crippen MR) is 128 cm³/mol. The average molecular weight is 473 g/mol. The van der Waals surface area contributed by atoms with E-state index >= 15 is 4.39 Å². The average Bonchev–Trinajstić information content (AvgIpc) is 2.81. The number of benzene rings is 2. The summed E-state index contributed by atoms with van der Waals surface area (Å²) in [7, 11) is 0. The highest BCUT2D eigenvalue weighted by Gasteiger charge is 2.36. The molecule has 33 heavy (non-hydrogen) atoms. The third-order valence-corrected chi connectivity index (χ3v) is 7.78. The van der Waals surface area contributed by atoms with Crippen LogP contribution in [0.25, 0.3) is 0 Å². The van der Waals surface area contributed by atoms with Gasteiger partial charge in [0, 0.05) is 6.07 Å². The van der Waals surface area contributed by atoms with Gasteiger partial charge in [-0.25, -0.2) is 13.6 Å². The maximum absolute atomic E-state index is 15.0. The third kappa shape index (κ3) is 5.84. The minimum atomic E-state index is -0.720. The first-order valence-electron chi connectivity index (χ1n) is 12.0. The van der Waals surface area contributed by atoms with E-state index in [-0.39, 0.29) is 28.1 Å². The Morgan fingerprint density at radius 3 is 2.58 bits per heavy atom. The summed E-state index contributed by atoms with van der Waals surface area (Å²) in [5.41, 5.74) is 0.805. The number of hydrogen-bond acceptors (Lipinski definition) is 2. The zero-order valence-corrected chi connectivity index (χ0v) is 19.8. The highest BCUT2D eigenvalue weighted by atomic mass is 35.5. The molecular weight excluding hydrogens is 442 g/mol. The van der Waals surface area contributed by atoms with Gasteiger partial charge in [0.2, 0.25) is 0 Å². The Kier molecular flexibility index (Phi) is 7.85. The molecule has 2 saturated carbocycles.